The number of aromatic nitrogens is 2. The first-order chi connectivity index (χ1) is 13.8. The van der Waals surface area contributed by atoms with Gasteiger partial charge in [-0.2, -0.15) is 4.98 Å². The van der Waals surface area contributed by atoms with Crippen molar-refractivity contribution in [1.82, 2.24) is 9.55 Å². The molecule has 1 aromatic heterocycles. The van der Waals surface area contributed by atoms with Gasteiger partial charge < -0.3 is 19.7 Å². The monoisotopic (exact) mass is 407 g/mol. The van der Waals surface area contributed by atoms with Crippen LogP contribution in [0.1, 0.15) is 58.2 Å². The Bertz CT molecular complexity index is 796. The van der Waals surface area contributed by atoms with Crippen molar-refractivity contribution in [3.8, 4) is 12.3 Å². The average Bonchev–Trinajstić information content (AvgIpc) is 2.94. The molecule has 0 unspecified atom stereocenters. The van der Waals surface area contributed by atoms with Crippen molar-refractivity contribution in [2.75, 3.05) is 11.9 Å². The summed E-state index contributed by atoms with van der Waals surface area (Å²) in [5.74, 6) is 2.51. The summed E-state index contributed by atoms with van der Waals surface area (Å²) in [5, 5.41) is 22.3. The summed E-state index contributed by atoms with van der Waals surface area (Å²) in [6, 6.07) is 0. The number of rotatable bonds is 8. The van der Waals surface area contributed by atoms with Gasteiger partial charge in [-0.3, -0.25) is 9.88 Å². The quantitative estimate of drug-likeness (QED) is 0.560. The maximum absolute atomic E-state index is 12.4. The Morgan fingerprint density at radius 1 is 1.38 bits per heavy atom. The summed E-state index contributed by atoms with van der Waals surface area (Å²) in [6.07, 6.45) is 5.65. The minimum atomic E-state index is -1.31. The Hall–Kier alpha value is -2.41. The average molecular weight is 407 g/mol. The lowest BCUT2D eigenvalue weighted by Crippen LogP contribution is -2.36. The van der Waals surface area contributed by atoms with E-state index in [1.165, 1.54) is 6.20 Å². The molecule has 2 heterocycles. The number of nitrogens with zero attached hydrogens (tertiary/aromatic N) is 2. The molecule has 1 aromatic rings. The SMILES string of the molecule is C#Cc1cn([C@@H]2O[C@H](C)[C@@H](O)[C@H]2O)c(=O)nc1NC(=O)OCC(CCC)CCC. The minimum Gasteiger partial charge on any atom is -0.449 e. The molecule has 1 saturated heterocycles. The van der Waals surface area contributed by atoms with E-state index in [9.17, 15) is 19.8 Å². The van der Waals surface area contributed by atoms with Crippen LogP contribution in [0.2, 0.25) is 0 Å². The zero-order valence-electron chi connectivity index (χ0n) is 17.0. The number of hydrogen-bond donors (Lipinski definition) is 3. The van der Waals surface area contributed by atoms with E-state index in [4.69, 9.17) is 15.9 Å². The van der Waals surface area contributed by atoms with Crippen molar-refractivity contribution >= 4 is 11.9 Å². The fraction of sp³-hybridized carbons (Fsp3) is 0.650. The normalized spacial score (nSPS) is 23.8. The van der Waals surface area contributed by atoms with Crippen LogP contribution in [0.5, 0.6) is 0 Å². The fourth-order valence-electron chi connectivity index (χ4n) is 3.36. The van der Waals surface area contributed by atoms with Gasteiger partial charge in [-0.1, -0.05) is 32.6 Å². The molecule has 0 bridgehead atoms. The van der Waals surface area contributed by atoms with Gasteiger partial charge in [-0.15, -0.1) is 6.42 Å². The predicted molar refractivity (Wildman–Crippen MR) is 106 cm³/mol. The minimum absolute atomic E-state index is 0.109. The zero-order chi connectivity index (χ0) is 21.6. The van der Waals surface area contributed by atoms with E-state index >= 15 is 0 Å². The van der Waals surface area contributed by atoms with Crippen molar-refractivity contribution in [3.05, 3.63) is 22.2 Å². The van der Waals surface area contributed by atoms with E-state index in [0.717, 1.165) is 30.3 Å². The van der Waals surface area contributed by atoms with Crippen LogP contribution < -0.4 is 11.0 Å². The molecule has 1 aliphatic rings. The number of terminal acetylenes is 1. The van der Waals surface area contributed by atoms with Crippen LogP contribution in [-0.2, 0) is 9.47 Å². The summed E-state index contributed by atoms with van der Waals surface area (Å²) in [5.41, 5.74) is -0.676. The zero-order valence-corrected chi connectivity index (χ0v) is 17.0. The molecule has 1 aliphatic heterocycles. The number of hydrogen-bond acceptors (Lipinski definition) is 7. The maximum atomic E-state index is 12.4. The van der Waals surface area contributed by atoms with Crippen LogP contribution >= 0.6 is 0 Å². The van der Waals surface area contributed by atoms with Crippen LogP contribution in [0, 0.1) is 18.3 Å². The number of anilines is 1. The van der Waals surface area contributed by atoms with E-state index in [1.807, 2.05) is 0 Å². The van der Waals surface area contributed by atoms with Crippen molar-refractivity contribution in [2.45, 2.75) is 71.0 Å². The molecule has 1 fully saturated rings. The summed E-state index contributed by atoms with van der Waals surface area (Å²) < 4.78 is 11.7. The van der Waals surface area contributed by atoms with Crippen LogP contribution in [0.4, 0.5) is 10.6 Å². The summed E-state index contributed by atoms with van der Waals surface area (Å²) in [7, 11) is 0. The van der Waals surface area contributed by atoms with Gasteiger partial charge in [0, 0.05) is 6.20 Å². The Labute approximate surface area is 170 Å². The lowest BCUT2D eigenvalue weighted by molar-refractivity contribution is -0.0350. The molecule has 160 valence electrons. The third kappa shape index (κ3) is 5.56. The Balaban J connectivity index is 2.12. The first-order valence-electron chi connectivity index (χ1n) is 9.87. The van der Waals surface area contributed by atoms with Gasteiger partial charge in [0.2, 0.25) is 0 Å². The molecular formula is C20H29N3O6. The topological polar surface area (TPSA) is 123 Å². The molecule has 4 atom stereocenters. The highest BCUT2D eigenvalue weighted by Gasteiger charge is 2.42. The summed E-state index contributed by atoms with van der Waals surface area (Å²) >= 11 is 0. The Kier molecular flexibility index (Phi) is 8.20. The van der Waals surface area contributed by atoms with Crippen molar-refractivity contribution in [1.29, 1.82) is 0 Å². The number of nitrogens with one attached hydrogen (secondary N) is 1. The van der Waals surface area contributed by atoms with E-state index in [-0.39, 0.29) is 23.9 Å². The van der Waals surface area contributed by atoms with Gasteiger partial charge in [0.15, 0.2) is 12.0 Å². The fourth-order valence-corrected chi connectivity index (χ4v) is 3.36. The first-order valence-corrected chi connectivity index (χ1v) is 9.87. The van der Waals surface area contributed by atoms with E-state index in [0.29, 0.717) is 0 Å². The number of aliphatic hydroxyl groups excluding tert-OH is 2. The second kappa shape index (κ2) is 10.4. The lowest BCUT2D eigenvalue weighted by Gasteiger charge is -2.19. The molecule has 9 nitrogen and oxygen atoms in total. The van der Waals surface area contributed by atoms with Crippen molar-refractivity contribution in [3.63, 3.8) is 0 Å². The molecule has 29 heavy (non-hydrogen) atoms. The van der Waals surface area contributed by atoms with Gasteiger partial charge >= 0.3 is 11.8 Å². The highest BCUT2D eigenvalue weighted by atomic mass is 16.6. The van der Waals surface area contributed by atoms with Crippen LogP contribution in [-0.4, -0.2) is 50.8 Å². The number of carbonyl (C=O) groups is 1. The van der Waals surface area contributed by atoms with E-state index in [1.54, 1.807) is 6.92 Å². The number of ether oxygens (including phenoxy) is 2. The molecule has 0 aliphatic carbocycles. The third-order valence-electron chi connectivity index (χ3n) is 4.92. The molecule has 2 rings (SSSR count). The van der Waals surface area contributed by atoms with Gasteiger partial charge in [0.1, 0.15) is 12.2 Å². The van der Waals surface area contributed by atoms with Gasteiger partial charge in [0.05, 0.1) is 18.3 Å². The molecule has 0 saturated carbocycles. The van der Waals surface area contributed by atoms with Crippen molar-refractivity contribution < 1.29 is 24.5 Å². The number of aliphatic hydroxyl groups is 2. The van der Waals surface area contributed by atoms with E-state index in [2.05, 4.69) is 30.1 Å². The summed E-state index contributed by atoms with van der Waals surface area (Å²) in [6.45, 7) is 6.00. The second-order valence-corrected chi connectivity index (χ2v) is 7.22. The highest BCUT2D eigenvalue weighted by molar-refractivity contribution is 5.84. The molecule has 0 spiro atoms. The second-order valence-electron chi connectivity index (χ2n) is 7.22. The molecular weight excluding hydrogens is 378 g/mol. The summed E-state index contributed by atoms with van der Waals surface area (Å²) in [4.78, 5) is 28.3. The Morgan fingerprint density at radius 2 is 2.03 bits per heavy atom. The molecule has 0 aromatic carbocycles. The maximum Gasteiger partial charge on any atom is 0.412 e. The molecule has 9 heteroatoms. The highest BCUT2D eigenvalue weighted by Crippen LogP contribution is 2.28. The van der Waals surface area contributed by atoms with Crippen LogP contribution in [0.15, 0.2) is 11.0 Å². The number of amides is 1. The first kappa shape index (κ1) is 22.9. The van der Waals surface area contributed by atoms with Gasteiger partial charge in [-0.05, 0) is 25.7 Å². The lowest BCUT2D eigenvalue weighted by atomic mass is 10.00. The van der Waals surface area contributed by atoms with Crippen LogP contribution in [0.3, 0.4) is 0 Å². The third-order valence-corrected chi connectivity index (χ3v) is 4.92. The molecule has 3 N–H and O–H groups in total. The van der Waals surface area contributed by atoms with E-state index < -0.39 is 36.3 Å². The standard InChI is InChI=1S/C20H29N3O6/c1-5-8-13(9-6-2)11-28-20(27)22-17-14(7-3)10-23(19(26)21-17)18-16(25)15(24)12(4)29-18/h3,10,12-13,15-16,18,24-25H,5-6,8-9,11H2,1-2,4H3,(H,21,22,26,27)/t12-,15-,16-,18-/m1/s1. The Morgan fingerprint density at radius 3 is 2.55 bits per heavy atom. The van der Waals surface area contributed by atoms with Gasteiger partial charge in [-0.25, -0.2) is 9.59 Å². The predicted octanol–water partition coefficient (Wildman–Crippen LogP) is 1.63. The van der Waals surface area contributed by atoms with Gasteiger partial charge in [0.25, 0.3) is 0 Å². The smallest absolute Gasteiger partial charge is 0.412 e. The molecule has 0 radical (unpaired) electrons. The largest absolute Gasteiger partial charge is 0.449 e. The number of carbonyl (C=O) groups excluding carboxylic acids is 1. The molecule has 1 amide bonds. The van der Waals surface area contributed by atoms with Crippen molar-refractivity contribution in [2.24, 2.45) is 5.92 Å². The van der Waals surface area contributed by atoms with Crippen LogP contribution in [0.25, 0.3) is 0 Å².